The molecule has 2 aromatic carbocycles. The molecule has 0 unspecified atom stereocenters. The Balaban J connectivity index is 1.18. The lowest BCUT2D eigenvalue weighted by Crippen LogP contribution is -2.62. The first kappa shape index (κ1) is 107. The highest BCUT2D eigenvalue weighted by Gasteiger charge is 2.48. The van der Waals surface area contributed by atoms with Gasteiger partial charge in [-0.25, -0.2) is 4.79 Å². The van der Waals surface area contributed by atoms with Gasteiger partial charge in [0.25, 0.3) is 0 Å². The van der Waals surface area contributed by atoms with Gasteiger partial charge in [0.15, 0.2) is 5.96 Å². The summed E-state index contributed by atoms with van der Waals surface area (Å²) in [6.45, 7) is 0.240. The smallest absolute Gasteiger partial charge is 0.326 e. The molecule has 46 nitrogen and oxygen atoms in total. The number of aromatic nitrogens is 1. The molecule has 0 saturated carbocycles. The van der Waals surface area contributed by atoms with Gasteiger partial charge in [-0.1, -0.05) is 51.9 Å². The van der Waals surface area contributed by atoms with Crippen molar-refractivity contribution in [3.05, 3.63) is 65.9 Å². The van der Waals surface area contributed by atoms with Crippen LogP contribution in [0.15, 0.2) is 54.7 Å². The Morgan fingerprint density at radius 3 is 1.74 bits per heavy atom. The number of carboxylic acids is 1. The highest BCUT2D eigenvalue weighted by molar-refractivity contribution is 8.76. The van der Waals surface area contributed by atoms with Gasteiger partial charge in [0.2, 0.25) is 94.5 Å². The van der Waals surface area contributed by atoms with Crippen LogP contribution < -0.4 is 97.8 Å². The van der Waals surface area contributed by atoms with Crippen LogP contribution in [0.3, 0.4) is 0 Å². The summed E-state index contributed by atoms with van der Waals surface area (Å²) in [7, 11) is 1.62. The van der Waals surface area contributed by atoms with Crippen LogP contribution in [0.4, 0.5) is 0 Å². The van der Waals surface area contributed by atoms with E-state index >= 15 is 28.8 Å². The Morgan fingerprint density at radius 1 is 0.556 bits per heavy atom. The Morgan fingerprint density at radius 2 is 1.11 bits per heavy atom. The molecule has 30 N–H and O–H groups in total. The van der Waals surface area contributed by atoms with Crippen LogP contribution in [0.25, 0.3) is 10.9 Å². The number of carboxylic acid groups (broad SMARTS) is 1. The van der Waals surface area contributed by atoms with Crippen molar-refractivity contribution >= 4 is 139 Å². The molecule has 5 aliphatic heterocycles. The molecule has 0 bridgehead atoms. The molecule has 16 amide bonds. The minimum Gasteiger partial charge on any atom is -0.508 e. The van der Waals surface area contributed by atoms with E-state index in [2.05, 4.69) is 74.1 Å². The summed E-state index contributed by atoms with van der Waals surface area (Å²) < 4.78 is 0. The normalized spacial score (nSPS) is 24.3. The number of carbonyl (C=O) groups excluding carboxylic acids is 16. The number of nitrogens with zero attached hydrogens (tertiary/aromatic N) is 4. The average Bonchev–Trinajstić information content (AvgIpc) is 1.67. The molecule has 6 heterocycles. The number of nitrogens with one attached hydrogen (secondary N) is 15. The number of fused-ring (bicyclic) bond motifs is 4. The maximum absolute atomic E-state index is 15.5. The summed E-state index contributed by atoms with van der Waals surface area (Å²) in [6.07, 6.45) is 1.81. The number of aromatic hydroxyl groups is 1. The number of phenols is 1. The highest BCUT2D eigenvalue weighted by Crippen LogP contribution is 2.30. The second-order valence-corrected chi connectivity index (χ2v) is 36.2. The van der Waals surface area contributed by atoms with Crippen molar-refractivity contribution in [3.63, 3.8) is 0 Å². The number of aromatic amines is 1. The van der Waals surface area contributed by atoms with Gasteiger partial charge in [-0.15, -0.1) is 0 Å². The van der Waals surface area contributed by atoms with E-state index in [0.717, 1.165) is 28.5 Å². The fourth-order valence-corrected chi connectivity index (χ4v) is 18.8. The highest BCUT2D eigenvalue weighted by atomic mass is 33.1. The Kier molecular flexibility index (Phi) is 42.9. The number of para-hydroxylation sites is 1. The second-order valence-electron chi connectivity index (χ2n) is 33.7. The van der Waals surface area contributed by atoms with Gasteiger partial charge in [0, 0.05) is 74.2 Å². The summed E-state index contributed by atoms with van der Waals surface area (Å²) >= 11 is 0. The van der Waals surface area contributed by atoms with Crippen molar-refractivity contribution in [2.45, 2.75) is 251 Å². The summed E-state index contributed by atoms with van der Waals surface area (Å²) in [5.74, 6) is -17.8. The molecule has 5 fully saturated rings. The first-order valence-corrected chi connectivity index (χ1v) is 47.6. The van der Waals surface area contributed by atoms with Crippen LogP contribution in [0, 0.1) is 5.41 Å². The first-order valence-electron chi connectivity index (χ1n) is 45.1. The van der Waals surface area contributed by atoms with Crippen LogP contribution >= 0.6 is 21.6 Å². The van der Waals surface area contributed by atoms with Gasteiger partial charge in [0.1, 0.15) is 102 Å². The third-order valence-corrected chi connectivity index (χ3v) is 26.2. The molecule has 5 saturated heterocycles. The number of hydrogen-bond donors (Lipinski definition) is 25. The van der Waals surface area contributed by atoms with Crippen molar-refractivity contribution in [2.75, 3.05) is 83.6 Å². The van der Waals surface area contributed by atoms with Crippen LogP contribution in [0.5, 0.6) is 5.75 Å². The number of unbranched alkanes of at least 4 members (excludes halogenated alkanes) is 3. The minimum atomic E-state index is -1.99. The molecule has 5 aliphatic rings. The molecule has 48 heteroatoms. The number of benzene rings is 2. The fraction of sp³-hybridized carbons (Fsp3) is 0.624. The number of aliphatic hydroxyl groups is 3. The van der Waals surface area contributed by atoms with Gasteiger partial charge in [-0.3, -0.25) is 82.1 Å². The number of rotatable bonds is 35. The standard InChI is InChI=1S/C85H130N24O22S2/c1-46(95-69(115)52(89)42-110)80(126)106-34-12-22-63(106)76(122)97-54(21-11-33-92-85(90)91)70(116)94-41-67(114)96-61-44-132-133-45-62(75(121)100-57(84(130)131)20-7-10-32-88)104-78(124)64-23-13-35-107(64)81(127)56(19-6-9-31-87)99-77(123)65-24-14-36-108(65)83(129)66-25-15-37-109(66)82(128)59(38-48-26-28-50(113)29-27-48)102-73(119)60(43-111)103-71(117)55(18-5-8-30-86)98-79(125)68(47(2)112)105-72(118)58(101-74(61)120)39-49-40-93-53-17-4-3-16-51(49)53/h3-4,16-17,26-29,40,46-47,52,54-66,68,93,110-113H,5-15,18-25,30-39,41-45,86-89H2,1-2H3,(H,94,116)(H,95,115)(H,96,114)(H,97,122)(H,98,125)(H,99,123)(H,100,121)(H,101,120)(H,102,119)(H,103,117)(H,104,124)(H,105,118)(H,130,131)(H4,90,91,92)/t46-,47+,52-,54-,55-,56-,57-,58-,59-,60-,61-,62-,63-,64-,65-,66-,68-/m0/s1. The summed E-state index contributed by atoms with van der Waals surface area (Å²) in [4.78, 5) is 256. The van der Waals surface area contributed by atoms with Crippen molar-refractivity contribution in [1.29, 1.82) is 5.41 Å². The number of nitrogens with two attached hydrogens (primary N) is 5. The number of aliphatic carboxylic acids is 1. The predicted octanol–water partition coefficient (Wildman–Crippen LogP) is -7.09. The Labute approximate surface area is 776 Å². The van der Waals surface area contributed by atoms with Crippen LogP contribution in [-0.2, 0) is 94.3 Å². The number of carbonyl (C=O) groups is 17. The molecule has 17 atom stereocenters. The zero-order valence-electron chi connectivity index (χ0n) is 74.7. The minimum absolute atomic E-state index is 0.00239. The lowest BCUT2D eigenvalue weighted by Gasteiger charge is -2.34. The third kappa shape index (κ3) is 31.3. The zero-order valence-corrected chi connectivity index (χ0v) is 76.4. The number of H-pyrrole nitrogens is 1. The van der Waals surface area contributed by atoms with Crippen molar-refractivity contribution in [1.82, 2.24) is 93.7 Å². The van der Waals surface area contributed by atoms with Crippen LogP contribution in [0.2, 0.25) is 0 Å². The third-order valence-electron chi connectivity index (χ3n) is 23.8. The van der Waals surface area contributed by atoms with E-state index < -0.39 is 247 Å². The van der Waals surface area contributed by atoms with E-state index in [-0.39, 0.29) is 154 Å². The molecular formula is C85H130N24O22S2. The molecule has 0 spiro atoms. The number of phenolic OH excluding ortho intramolecular Hbond substituents is 1. The zero-order chi connectivity index (χ0) is 97.1. The average molecular weight is 1900 g/mol. The van der Waals surface area contributed by atoms with E-state index in [1.54, 1.807) is 24.3 Å². The number of likely N-dealkylation sites (tertiary alicyclic amines) is 1. The van der Waals surface area contributed by atoms with E-state index in [0.29, 0.717) is 54.1 Å². The number of guanidine groups is 1. The van der Waals surface area contributed by atoms with Crippen LogP contribution in [-0.4, -0.2) is 343 Å². The maximum atomic E-state index is 15.5. The van der Waals surface area contributed by atoms with Gasteiger partial charge >= 0.3 is 5.97 Å². The quantitative estimate of drug-likeness (QED) is 0.0113. The maximum Gasteiger partial charge on any atom is 0.326 e. The topological polar surface area (TPSA) is 730 Å². The van der Waals surface area contributed by atoms with Gasteiger partial charge in [0.05, 0.1) is 25.9 Å². The lowest BCUT2D eigenvalue weighted by atomic mass is 10.0. The van der Waals surface area contributed by atoms with Crippen molar-refractivity contribution in [2.24, 2.45) is 28.7 Å². The molecule has 3 aromatic rings. The monoisotopic (exact) mass is 1900 g/mol. The largest absolute Gasteiger partial charge is 0.508 e. The van der Waals surface area contributed by atoms with E-state index in [4.69, 9.17) is 34.1 Å². The summed E-state index contributed by atoms with van der Waals surface area (Å²) in [6, 6.07) is -11.7. The van der Waals surface area contributed by atoms with Crippen LogP contribution in [0.1, 0.15) is 147 Å². The molecule has 0 radical (unpaired) electrons. The second kappa shape index (κ2) is 53.4. The van der Waals surface area contributed by atoms with E-state index in [1.165, 1.54) is 57.0 Å². The number of amides is 16. The van der Waals surface area contributed by atoms with Gasteiger partial charge in [-0.05, 0) is 185 Å². The Hall–Kier alpha value is -11.5. The molecule has 0 aliphatic carbocycles. The van der Waals surface area contributed by atoms with Gasteiger partial charge < -0.3 is 148 Å². The molecular weight excluding hydrogens is 1770 g/mol. The predicted molar refractivity (Wildman–Crippen MR) is 487 cm³/mol. The van der Waals surface area contributed by atoms with Crippen molar-refractivity contribution in [3.8, 4) is 5.75 Å². The number of hydrogen-bond acceptors (Lipinski definition) is 28. The first-order chi connectivity index (χ1) is 63.6. The molecule has 133 heavy (non-hydrogen) atoms. The number of aliphatic hydroxyl groups excluding tert-OH is 3. The van der Waals surface area contributed by atoms with Crippen molar-refractivity contribution < 1.29 is 107 Å². The summed E-state index contributed by atoms with van der Waals surface area (Å²) in [5, 5.41) is 94.3. The van der Waals surface area contributed by atoms with Gasteiger partial charge in [-0.2, -0.15) is 0 Å². The SMILES string of the molecule is C[C@H](NC(=O)[C@@H](N)CO)C(=O)N1CCC[C@H]1C(=O)N[C@@H](CCCNC(=N)N)C(=O)NCC(=O)N[C@H]1CSSC[C@@H](C(=O)N[C@@H](CCCCN)C(=O)O)NC(=O)[C@@H]2CCCN2C(=O)[C@H](CCCCN)NC(=O)[C@@H]2CCCN2C(=O)[C@@H]2CCCN2C(=O)[C@H](Cc2ccc(O)cc2)NC(=O)[C@H](CO)NC(=O)[C@H](CCCCN)NC(=O)[C@H]([C@@H](C)O)NC(=O)[C@H](Cc2c[nH]c3ccccc23)NC1=O. The van der Waals surface area contributed by atoms with E-state index in [1.807, 2.05) is 0 Å². The molecule has 1 aromatic heterocycles. The summed E-state index contributed by atoms with van der Waals surface area (Å²) in [5.41, 5.74) is 30.1. The molecule has 734 valence electrons. The molecule has 8 rings (SSSR count). The Bertz CT molecular complexity index is 4550. The van der Waals surface area contributed by atoms with E-state index in [9.17, 15) is 78.3 Å². The fourth-order valence-electron chi connectivity index (χ4n) is 16.5. The lowest BCUT2D eigenvalue weighted by molar-refractivity contribution is -0.148.